The molecule has 15 heavy (non-hydrogen) atoms. The minimum absolute atomic E-state index is 0.243. The molecule has 0 fully saturated rings. The van der Waals surface area contributed by atoms with Gasteiger partial charge in [0.25, 0.3) is 0 Å². The SMILES string of the molecule is C#CC(C)(C)Nc1cccc(C(=O)O)c1. The van der Waals surface area contributed by atoms with Gasteiger partial charge in [0.05, 0.1) is 11.1 Å². The largest absolute Gasteiger partial charge is 0.478 e. The van der Waals surface area contributed by atoms with E-state index in [2.05, 4.69) is 11.2 Å². The average molecular weight is 203 g/mol. The third kappa shape index (κ3) is 3.03. The summed E-state index contributed by atoms with van der Waals surface area (Å²) in [6, 6.07) is 6.56. The average Bonchev–Trinajstić information content (AvgIpc) is 2.17. The lowest BCUT2D eigenvalue weighted by atomic mass is 10.1. The predicted molar refractivity (Wildman–Crippen MR) is 59.9 cm³/mol. The Bertz CT molecular complexity index is 416. The molecule has 0 radical (unpaired) electrons. The molecule has 0 heterocycles. The van der Waals surface area contributed by atoms with Crippen molar-refractivity contribution in [3.63, 3.8) is 0 Å². The Kier molecular flexibility index (Phi) is 3.01. The van der Waals surface area contributed by atoms with E-state index in [0.29, 0.717) is 5.69 Å². The summed E-state index contributed by atoms with van der Waals surface area (Å²) in [6.07, 6.45) is 5.32. The van der Waals surface area contributed by atoms with Gasteiger partial charge < -0.3 is 10.4 Å². The number of aromatic carboxylic acids is 1. The maximum atomic E-state index is 10.7. The fourth-order valence-electron chi connectivity index (χ4n) is 1.13. The van der Waals surface area contributed by atoms with Crippen molar-refractivity contribution in [3.05, 3.63) is 29.8 Å². The van der Waals surface area contributed by atoms with E-state index in [0.717, 1.165) is 0 Å². The van der Waals surface area contributed by atoms with Crippen LogP contribution in [-0.2, 0) is 0 Å². The molecular weight excluding hydrogens is 190 g/mol. The number of carboxylic acid groups (broad SMARTS) is 1. The van der Waals surface area contributed by atoms with Gasteiger partial charge in [-0.15, -0.1) is 6.42 Å². The second-order valence-electron chi connectivity index (χ2n) is 3.78. The molecule has 0 saturated heterocycles. The molecule has 0 aliphatic rings. The molecule has 0 atom stereocenters. The lowest BCUT2D eigenvalue weighted by molar-refractivity contribution is 0.0697. The van der Waals surface area contributed by atoms with E-state index in [1.165, 1.54) is 6.07 Å². The van der Waals surface area contributed by atoms with Gasteiger partial charge in [0, 0.05) is 5.69 Å². The molecule has 0 bridgehead atoms. The van der Waals surface area contributed by atoms with Crippen LogP contribution >= 0.6 is 0 Å². The van der Waals surface area contributed by atoms with Crippen LogP contribution in [0, 0.1) is 12.3 Å². The van der Waals surface area contributed by atoms with Gasteiger partial charge in [0.1, 0.15) is 0 Å². The zero-order chi connectivity index (χ0) is 11.5. The highest BCUT2D eigenvalue weighted by atomic mass is 16.4. The highest BCUT2D eigenvalue weighted by Gasteiger charge is 2.13. The Labute approximate surface area is 89.1 Å². The summed E-state index contributed by atoms with van der Waals surface area (Å²) in [4.78, 5) is 10.7. The van der Waals surface area contributed by atoms with Crippen LogP contribution < -0.4 is 5.32 Å². The Morgan fingerprint density at radius 1 is 1.53 bits per heavy atom. The van der Waals surface area contributed by atoms with Crippen molar-refractivity contribution in [2.24, 2.45) is 0 Å². The molecule has 1 aromatic rings. The Morgan fingerprint density at radius 3 is 2.73 bits per heavy atom. The molecule has 0 aliphatic carbocycles. The van der Waals surface area contributed by atoms with Gasteiger partial charge in [-0.25, -0.2) is 4.79 Å². The van der Waals surface area contributed by atoms with Crippen LogP contribution in [0.3, 0.4) is 0 Å². The summed E-state index contributed by atoms with van der Waals surface area (Å²) < 4.78 is 0. The topological polar surface area (TPSA) is 49.3 Å². The van der Waals surface area contributed by atoms with E-state index < -0.39 is 11.5 Å². The highest BCUT2D eigenvalue weighted by Crippen LogP contribution is 2.15. The molecule has 0 amide bonds. The van der Waals surface area contributed by atoms with Gasteiger partial charge in [-0.1, -0.05) is 12.0 Å². The number of nitrogens with one attached hydrogen (secondary N) is 1. The van der Waals surface area contributed by atoms with Crippen LogP contribution in [-0.4, -0.2) is 16.6 Å². The smallest absolute Gasteiger partial charge is 0.335 e. The summed E-state index contributed by atoms with van der Waals surface area (Å²) in [5.41, 5.74) is 0.461. The van der Waals surface area contributed by atoms with Crippen LogP contribution in [0.25, 0.3) is 0 Å². The molecule has 1 aromatic carbocycles. The molecule has 1 rings (SSSR count). The summed E-state index contributed by atoms with van der Waals surface area (Å²) >= 11 is 0. The second kappa shape index (κ2) is 4.05. The normalized spacial score (nSPS) is 10.5. The van der Waals surface area contributed by atoms with Crippen molar-refractivity contribution in [2.45, 2.75) is 19.4 Å². The molecule has 0 aliphatic heterocycles. The molecule has 0 aromatic heterocycles. The number of rotatable bonds is 3. The van der Waals surface area contributed by atoms with Gasteiger partial charge in [0.2, 0.25) is 0 Å². The van der Waals surface area contributed by atoms with E-state index in [9.17, 15) is 4.79 Å². The maximum absolute atomic E-state index is 10.7. The van der Waals surface area contributed by atoms with Gasteiger partial charge in [0.15, 0.2) is 0 Å². The molecule has 0 saturated carbocycles. The van der Waals surface area contributed by atoms with Crippen molar-refractivity contribution in [1.29, 1.82) is 0 Å². The van der Waals surface area contributed by atoms with Gasteiger partial charge in [-0.3, -0.25) is 0 Å². The first-order valence-electron chi connectivity index (χ1n) is 4.54. The van der Waals surface area contributed by atoms with Crippen LogP contribution in [0.4, 0.5) is 5.69 Å². The highest BCUT2D eigenvalue weighted by molar-refractivity contribution is 5.88. The standard InChI is InChI=1S/C12H13NO2/c1-4-12(2,3)13-10-7-5-6-9(8-10)11(14)15/h1,5-8,13H,2-3H3,(H,14,15). The zero-order valence-corrected chi connectivity index (χ0v) is 8.74. The maximum Gasteiger partial charge on any atom is 0.335 e. The van der Waals surface area contributed by atoms with E-state index >= 15 is 0 Å². The molecular formula is C12H13NO2. The van der Waals surface area contributed by atoms with E-state index in [1.54, 1.807) is 18.2 Å². The summed E-state index contributed by atoms with van der Waals surface area (Å²) in [6.45, 7) is 3.70. The van der Waals surface area contributed by atoms with Crippen LogP contribution in [0.1, 0.15) is 24.2 Å². The Morgan fingerprint density at radius 2 is 2.20 bits per heavy atom. The molecule has 2 N–H and O–H groups in total. The van der Waals surface area contributed by atoms with Crippen molar-refractivity contribution in [1.82, 2.24) is 0 Å². The van der Waals surface area contributed by atoms with Crippen molar-refractivity contribution in [2.75, 3.05) is 5.32 Å². The quantitative estimate of drug-likeness (QED) is 0.740. The first-order valence-corrected chi connectivity index (χ1v) is 4.54. The van der Waals surface area contributed by atoms with Crippen LogP contribution in [0.5, 0.6) is 0 Å². The zero-order valence-electron chi connectivity index (χ0n) is 8.74. The number of hydrogen-bond acceptors (Lipinski definition) is 2. The fourth-order valence-corrected chi connectivity index (χ4v) is 1.13. The van der Waals surface area contributed by atoms with E-state index in [4.69, 9.17) is 11.5 Å². The Hall–Kier alpha value is -1.95. The predicted octanol–water partition coefficient (Wildman–Crippen LogP) is 2.21. The molecule has 3 nitrogen and oxygen atoms in total. The number of anilines is 1. The molecule has 3 heteroatoms. The minimum Gasteiger partial charge on any atom is -0.478 e. The first kappa shape index (κ1) is 11.1. The third-order valence-corrected chi connectivity index (χ3v) is 1.93. The number of benzene rings is 1. The lowest BCUT2D eigenvalue weighted by Crippen LogP contribution is -2.28. The van der Waals surface area contributed by atoms with Crippen molar-refractivity contribution in [3.8, 4) is 12.3 Å². The van der Waals surface area contributed by atoms with Crippen molar-refractivity contribution >= 4 is 11.7 Å². The molecule has 0 spiro atoms. The molecule has 78 valence electrons. The lowest BCUT2D eigenvalue weighted by Gasteiger charge is -2.21. The summed E-state index contributed by atoms with van der Waals surface area (Å²) in [5.74, 6) is 1.63. The Balaban J connectivity index is 2.93. The summed E-state index contributed by atoms with van der Waals surface area (Å²) in [5, 5.41) is 11.9. The van der Waals surface area contributed by atoms with Gasteiger partial charge in [-0.2, -0.15) is 0 Å². The number of carboxylic acids is 1. The van der Waals surface area contributed by atoms with Crippen molar-refractivity contribution < 1.29 is 9.90 Å². The number of carbonyl (C=O) groups is 1. The van der Waals surface area contributed by atoms with Crippen LogP contribution in [0.15, 0.2) is 24.3 Å². The number of hydrogen-bond donors (Lipinski definition) is 2. The van der Waals surface area contributed by atoms with Gasteiger partial charge in [-0.05, 0) is 32.0 Å². The van der Waals surface area contributed by atoms with Gasteiger partial charge >= 0.3 is 5.97 Å². The third-order valence-electron chi connectivity index (χ3n) is 1.93. The monoisotopic (exact) mass is 203 g/mol. The van der Waals surface area contributed by atoms with E-state index in [1.807, 2.05) is 13.8 Å². The molecule has 0 unspecified atom stereocenters. The summed E-state index contributed by atoms with van der Waals surface area (Å²) in [7, 11) is 0. The van der Waals surface area contributed by atoms with E-state index in [-0.39, 0.29) is 5.56 Å². The first-order chi connectivity index (χ1) is 6.94. The fraction of sp³-hybridized carbons (Fsp3) is 0.250. The van der Waals surface area contributed by atoms with Crippen LogP contribution in [0.2, 0.25) is 0 Å². The minimum atomic E-state index is -0.947. The number of terminal acetylenes is 1. The second-order valence-corrected chi connectivity index (χ2v) is 3.78.